The molecule has 0 atom stereocenters. The Labute approximate surface area is 204 Å². The highest BCUT2D eigenvalue weighted by Crippen LogP contribution is 2.48. The molecule has 6 aromatic rings. The smallest absolute Gasteiger partial charge is 0.135 e. The highest BCUT2D eigenvalue weighted by atomic mass is 16.5. The van der Waals surface area contributed by atoms with Gasteiger partial charge in [0.25, 0.3) is 0 Å². The molecule has 1 aliphatic heterocycles. The lowest BCUT2D eigenvalue weighted by molar-refractivity contribution is 0.487. The van der Waals surface area contributed by atoms with Crippen LogP contribution in [0, 0.1) is 0 Å². The molecule has 7 rings (SSSR count). The quantitative estimate of drug-likeness (QED) is 0.262. The van der Waals surface area contributed by atoms with Gasteiger partial charge in [0.2, 0.25) is 0 Å². The molecule has 1 aliphatic rings. The number of hydrogen-bond donors (Lipinski definition) is 0. The van der Waals surface area contributed by atoms with E-state index in [1.54, 1.807) is 0 Å². The Balaban J connectivity index is 1.34. The van der Waals surface area contributed by atoms with Crippen LogP contribution >= 0.6 is 0 Å². The zero-order valence-electron chi connectivity index (χ0n) is 19.1. The van der Waals surface area contributed by atoms with Gasteiger partial charge in [-0.25, -0.2) is 0 Å². The first-order valence-corrected chi connectivity index (χ1v) is 11.9. The molecule has 0 amide bonds. The maximum absolute atomic E-state index is 6.31. The maximum atomic E-state index is 6.31. The zero-order chi connectivity index (χ0) is 23.2. The van der Waals surface area contributed by atoms with Crippen LogP contribution in [0.1, 0.15) is 0 Å². The molecule has 1 nitrogen and oxygen atoms in total. The molecule has 1 heteroatoms. The minimum atomic E-state index is 0.907. The van der Waals surface area contributed by atoms with E-state index in [1.807, 2.05) is 0 Å². The molecule has 0 N–H and O–H groups in total. The summed E-state index contributed by atoms with van der Waals surface area (Å²) in [5.74, 6) is 1.84. The fraction of sp³-hybridized carbons (Fsp3) is 0. The maximum Gasteiger partial charge on any atom is 0.135 e. The van der Waals surface area contributed by atoms with Crippen molar-refractivity contribution < 1.29 is 4.74 Å². The van der Waals surface area contributed by atoms with Gasteiger partial charge >= 0.3 is 0 Å². The second-order valence-corrected chi connectivity index (χ2v) is 8.96. The van der Waals surface area contributed by atoms with Crippen LogP contribution in [0.25, 0.3) is 55.3 Å². The SMILES string of the molecule is c1ccc(-c2ccc(-c3ccccc3-c3ccc4c(c3)-c3cccc5cccc(c35)O4)cc2)cc1. The van der Waals surface area contributed by atoms with Gasteiger partial charge in [0.15, 0.2) is 0 Å². The van der Waals surface area contributed by atoms with Crippen molar-refractivity contribution in [2.45, 2.75) is 0 Å². The number of rotatable bonds is 3. The minimum absolute atomic E-state index is 0.907. The monoisotopic (exact) mass is 446 g/mol. The van der Waals surface area contributed by atoms with Crippen molar-refractivity contribution in [2.75, 3.05) is 0 Å². The predicted octanol–water partition coefficient (Wildman–Crippen LogP) is 9.61. The average molecular weight is 447 g/mol. The van der Waals surface area contributed by atoms with Gasteiger partial charge in [-0.2, -0.15) is 0 Å². The molecule has 0 bridgehead atoms. The molecule has 6 aromatic carbocycles. The molecular weight excluding hydrogens is 424 g/mol. The normalized spacial score (nSPS) is 11.7. The Bertz CT molecular complexity index is 1690. The summed E-state index contributed by atoms with van der Waals surface area (Å²) in [4.78, 5) is 0. The first kappa shape index (κ1) is 19.8. The van der Waals surface area contributed by atoms with Crippen LogP contribution < -0.4 is 4.74 Å². The molecule has 0 spiro atoms. The summed E-state index contributed by atoms with van der Waals surface area (Å²) in [6.07, 6.45) is 0. The topological polar surface area (TPSA) is 9.23 Å². The first-order chi connectivity index (χ1) is 17.3. The fourth-order valence-electron chi connectivity index (χ4n) is 5.19. The van der Waals surface area contributed by atoms with Gasteiger partial charge < -0.3 is 4.74 Å². The van der Waals surface area contributed by atoms with E-state index in [2.05, 4.69) is 133 Å². The molecule has 0 saturated heterocycles. The summed E-state index contributed by atoms with van der Waals surface area (Å²) in [5, 5.41) is 2.39. The third-order valence-electron chi connectivity index (χ3n) is 6.90. The second-order valence-electron chi connectivity index (χ2n) is 8.96. The number of fused-ring (bicyclic) bond motifs is 2. The number of benzene rings is 6. The number of hydrogen-bond acceptors (Lipinski definition) is 1. The van der Waals surface area contributed by atoms with E-state index in [0.717, 1.165) is 17.1 Å². The largest absolute Gasteiger partial charge is 0.456 e. The van der Waals surface area contributed by atoms with Crippen molar-refractivity contribution in [3.05, 3.63) is 133 Å². The van der Waals surface area contributed by atoms with E-state index in [1.165, 1.54) is 49.7 Å². The van der Waals surface area contributed by atoms with Crippen LogP contribution in [0.15, 0.2) is 133 Å². The summed E-state index contributed by atoms with van der Waals surface area (Å²) in [6.45, 7) is 0. The summed E-state index contributed by atoms with van der Waals surface area (Å²) >= 11 is 0. The predicted molar refractivity (Wildman–Crippen MR) is 146 cm³/mol. The first-order valence-electron chi connectivity index (χ1n) is 11.9. The Morgan fingerprint density at radius 2 is 0.943 bits per heavy atom. The molecule has 0 radical (unpaired) electrons. The molecule has 0 fully saturated rings. The van der Waals surface area contributed by atoms with Crippen molar-refractivity contribution >= 4 is 10.8 Å². The Hall–Kier alpha value is -4.62. The highest BCUT2D eigenvalue weighted by Gasteiger charge is 2.20. The van der Waals surface area contributed by atoms with Crippen LogP contribution in [0.5, 0.6) is 11.5 Å². The van der Waals surface area contributed by atoms with Gasteiger partial charge in [-0.3, -0.25) is 0 Å². The summed E-state index contributed by atoms with van der Waals surface area (Å²) < 4.78 is 6.31. The third kappa shape index (κ3) is 3.33. The lowest BCUT2D eigenvalue weighted by Gasteiger charge is -2.22. The van der Waals surface area contributed by atoms with E-state index >= 15 is 0 Å². The van der Waals surface area contributed by atoms with Gasteiger partial charge in [0, 0.05) is 10.9 Å². The zero-order valence-corrected chi connectivity index (χ0v) is 19.1. The molecule has 0 unspecified atom stereocenters. The van der Waals surface area contributed by atoms with Crippen molar-refractivity contribution in [2.24, 2.45) is 0 Å². The lowest BCUT2D eigenvalue weighted by atomic mass is 9.89. The van der Waals surface area contributed by atoms with E-state index < -0.39 is 0 Å². The average Bonchev–Trinajstić information content (AvgIpc) is 2.94. The van der Waals surface area contributed by atoms with Gasteiger partial charge in [-0.15, -0.1) is 0 Å². The van der Waals surface area contributed by atoms with Crippen LogP contribution in [-0.4, -0.2) is 0 Å². The van der Waals surface area contributed by atoms with Gasteiger partial charge in [0.1, 0.15) is 11.5 Å². The summed E-state index contributed by atoms with van der Waals surface area (Å²) in [6, 6.07) is 47.3. The highest BCUT2D eigenvalue weighted by molar-refractivity contribution is 6.04. The lowest BCUT2D eigenvalue weighted by Crippen LogP contribution is -1.97. The molecule has 0 saturated carbocycles. The minimum Gasteiger partial charge on any atom is -0.456 e. The van der Waals surface area contributed by atoms with E-state index in [4.69, 9.17) is 4.74 Å². The van der Waals surface area contributed by atoms with Crippen molar-refractivity contribution in [1.29, 1.82) is 0 Å². The Morgan fingerprint density at radius 3 is 1.74 bits per heavy atom. The van der Waals surface area contributed by atoms with Gasteiger partial charge in [-0.1, -0.05) is 115 Å². The molecule has 1 heterocycles. The Morgan fingerprint density at radius 1 is 0.343 bits per heavy atom. The van der Waals surface area contributed by atoms with Crippen molar-refractivity contribution in [3.8, 4) is 56.0 Å². The molecule has 164 valence electrons. The molecule has 0 aliphatic carbocycles. The number of ether oxygens (including phenoxy) is 1. The molecule has 35 heavy (non-hydrogen) atoms. The van der Waals surface area contributed by atoms with E-state index in [-0.39, 0.29) is 0 Å². The van der Waals surface area contributed by atoms with Gasteiger partial charge in [-0.05, 0) is 62.5 Å². The second kappa shape index (κ2) is 8.00. The standard InChI is InChI=1S/C34H22O/c1-2-8-23(9-3-1)24-16-18-25(19-17-24)28-12-4-5-13-29(28)27-20-21-32-31(22-27)30-14-6-10-26-11-7-15-33(35-32)34(26)30/h1-22H. The fourth-order valence-corrected chi connectivity index (χ4v) is 5.19. The van der Waals surface area contributed by atoms with E-state index in [0.29, 0.717) is 0 Å². The van der Waals surface area contributed by atoms with E-state index in [9.17, 15) is 0 Å². The summed E-state index contributed by atoms with van der Waals surface area (Å²) in [5.41, 5.74) is 9.66. The van der Waals surface area contributed by atoms with Crippen LogP contribution in [0.3, 0.4) is 0 Å². The summed E-state index contributed by atoms with van der Waals surface area (Å²) in [7, 11) is 0. The van der Waals surface area contributed by atoms with Crippen molar-refractivity contribution in [1.82, 2.24) is 0 Å². The third-order valence-corrected chi connectivity index (χ3v) is 6.90. The van der Waals surface area contributed by atoms with Gasteiger partial charge in [0.05, 0.1) is 0 Å². The van der Waals surface area contributed by atoms with Crippen molar-refractivity contribution in [3.63, 3.8) is 0 Å². The van der Waals surface area contributed by atoms with Crippen LogP contribution in [0.2, 0.25) is 0 Å². The molecular formula is C34H22O. The Kier molecular flexibility index (Phi) is 4.53. The van der Waals surface area contributed by atoms with Crippen LogP contribution in [-0.2, 0) is 0 Å². The van der Waals surface area contributed by atoms with Crippen LogP contribution in [0.4, 0.5) is 0 Å². The molecule has 0 aromatic heterocycles.